The van der Waals surface area contributed by atoms with Crippen molar-refractivity contribution in [2.45, 2.75) is 19.9 Å². The smallest absolute Gasteiger partial charge is 0.271 e. The van der Waals surface area contributed by atoms with Crippen LogP contribution in [0.15, 0.2) is 11.1 Å². The third-order valence-electron chi connectivity index (χ3n) is 1.89. The zero-order chi connectivity index (χ0) is 12.1. The minimum absolute atomic E-state index is 0.0568. The van der Waals surface area contributed by atoms with E-state index in [2.05, 4.69) is 20.6 Å². The number of anilines is 1. The number of amides is 1. The molecule has 1 aromatic rings. The molecule has 0 aliphatic rings. The maximum absolute atomic E-state index is 11.4. The molecule has 88 valence electrons. The van der Waals surface area contributed by atoms with Gasteiger partial charge in [0.2, 0.25) is 5.91 Å². The van der Waals surface area contributed by atoms with Crippen molar-refractivity contribution in [2.75, 3.05) is 11.9 Å². The van der Waals surface area contributed by atoms with Crippen LogP contribution in [0.2, 0.25) is 5.02 Å². The van der Waals surface area contributed by atoms with Crippen LogP contribution in [0.25, 0.3) is 0 Å². The van der Waals surface area contributed by atoms with Gasteiger partial charge < -0.3 is 15.6 Å². The van der Waals surface area contributed by atoms with Crippen molar-refractivity contribution in [3.8, 4) is 0 Å². The molecule has 1 atom stereocenters. The number of rotatable bonds is 4. The highest BCUT2D eigenvalue weighted by molar-refractivity contribution is 6.32. The molecular weight excluding hydrogens is 232 g/mol. The zero-order valence-electron chi connectivity index (χ0n) is 9.00. The van der Waals surface area contributed by atoms with E-state index >= 15 is 0 Å². The fraction of sp³-hybridized carbons (Fsp3) is 0.444. The number of carbonyl (C=O) groups is 1. The summed E-state index contributed by atoms with van der Waals surface area (Å²) in [7, 11) is 0. The van der Waals surface area contributed by atoms with Gasteiger partial charge in [0.15, 0.2) is 5.82 Å². The molecule has 0 spiro atoms. The lowest BCUT2D eigenvalue weighted by Gasteiger charge is -2.13. The number of nitrogens with one attached hydrogen (secondary N) is 3. The molecule has 0 aliphatic heterocycles. The second-order valence-electron chi connectivity index (χ2n) is 3.15. The summed E-state index contributed by atoms with van der Waals surface area (Å²) in [6.45, 7) is 4.02. The van der Waals surface area contributed by atoms with E-state index in [9.17, 15) is 9.59 Å². The average Bonchev–Trinajstić information content (AvgIpc) is 2.25. The molecule has 0 saturated heterocycles. The van der Waals surface area contributed by atoms with Crippen LogP contribution in [0.1, 0.15) is 13.8 Å². The van der Waals surface area contributed by atoms with Gasteiger partial charge in [0, 0.05) is 6.54 Å². The average molecular weight is 245 g/mol. The monoisotopic (exact) mass is 244 g/mol. The summed E-state index contributed by atoms with van der Waals surface area (Å²) in [5.74, 6) is 0.0184. The van der Waals surface area contributed by atoms with Gasteiger partial charge in [-0.1, -0.05) is 11.6 Å². The van der Waals surface area contributed by atoms with E-state index in [4.69, 9.17) is 11.6 Å². The van der Waals surface area contributed by atoms with Gasteiger partial charge in [0.05, 0.1) is 6.33 Å². The van der Waals surface area contributed by atoms with Crippen LogP contribution in [-0.4, -0.2) is 28.5 Å². The van der Waals surface area contributed by atoms with Crippen molar-refractivity contribution in [3.05, 3.63) is 21.7 Å². The first-order valence-corrected chi connectivity index (χ1v) is 5.21. The van der Waals surface area contributed by atoms with Crippen LogP contribution < -0.4 is 16.2 Å². The summed E-state index contributed by atoms with van der Waals surface area (Å²) in [6, 6.07) is -0.508. The Morgan fingerprint density at radius 3 is 3.00 bits per heavy atom. The van der Waals surface area contributed by atoms with Crippen LogP contribution >= 0.6 is 11.6 Å². The Morgan fingerprint density at radius 1 is 1.69 bits per heavy atom. The molecule has 1 unspecified atom stereocenters. The van der Waals surface area contributed by atoms with E-state index in [1.807, 2.05) is 6.92 Å². The molecule has 1 aromatic heterocycles. The highest BCUT2D eigenvalue weighted by atomic mass is 35.5. The molecule has 16 heavy (non-hydrogen) atoms. The Bertz CT molecular complexity index is 432. The van der Waals surface area contributed by atoms with Crippen molar-refractivity contribution < 1.29 is 4.79 Å². The number of likely N-dealkylation sites (N-methyl/N-ethyl adjacent to an activating group) is 1. The van der Waals surface area contributed by atoms with Crippen LogP contribution in [0, 0.1) is 0 Å². The minimum Gasteiger partial charge on any atom is -0.357 e. The van der Waals surface area contributed by atoms with Crippen LogP contribution in [-0.2, 0) is 4.79 Å². The highest BCUT2D eigenvalue weighted by Gasteiger charge is 2.14. The zero-order valence-corrected chi connectivity index (χ0v) is 9.76. The molecule has 0 saturated carbocycles. The Hall–Kier alpha value is -1.56. The first-order valence-electron chi connectivity index (χ1n) is 4.83. The number of aromatic nitrogens is 2. The maximum Gasteiger partial charge on any atom is 0.271 e. The second-order valence-corrected chi connectivity index (χ2v) is 3.53. The van der Waals surface area contributed by atoms with Gasteiger partial charge in [-0.3, -0.25) is 9.59 Å². The van der Waals surface area contributed by atoms with Gasteiger partial charge in [0.25, 0.3) is 5.56 Å². The number of H-pyrrole nitrogens is 1. The molecule has 0 fully saturated rings. The number of carbonyl (C=O) groups excluding carboxylic acids is 1. The van der Waals surface area contributed by atoms with Crippen LogP contribution in [0.4, 0.5) is 5.82 Å². The summed E-state index contributed by atoms with van der Waals surface area (Å²) < 4.78 is 0. The third kappa shape index (κ3) is 2.96. The fourth-order valence-corrected chi connectivity index (χ4v) is 1.24. The molecule has 0 aliphatic carbocycles. The molecule has 1 rings (SSSR count). The number of aromatic amines is 1. The van der Waals surface area contributed by atoms with Crippen molar-refractivity contribution in [1.82, 2.24) is 15.3 Å². The largest absolute Gasteiger partial charge is 0.357 e. The van der Waals surface area contributed by atoms with Crippen molar-refractivity contribution in [1.29, 1.82) is 0 Å². The standard InChI is InChI=1S/C9H13ClN4O2/c1-3-11-8(15)5(2)14-7-6(10)9(16)13-4-12-7/h4-5H,3H2,1-2H3,(H,11,15)(H2,12,13,14,16). The molecule has 1 heterocycles. The van der Waals surface area contributed by atoms with E-state index in [1.54, 1.807) is 6.92 Å². The molecule has 0 aromatic carbocycles. The summed E-state index contributed by atoms with van der Waals surface area (Å²) in [4.78, 5) is 28.7. The predicted molar refractivity (Wildman–Crippen MR) is 61.6 cm³/mol. The van der Waals surface area contributed by atoms with Gasteiger partial charge in [-0.15, -0.1) is 0 Å². The number of hydrogen-bond acceptors (Lipinski definition) is 4. The SMILES string of the molecule is CCNC(=O)C(C)Nc1nc[nH]c(=O)c1Cl. The van der Waals surface area contributed by atoms with Gasteiger partial charge in [0.1, 0.15) is 11.1 Å². The van der Waals surface area contributed by atoms with E-state index < -0.39 is 11.6 Å². The summed E-state index contributed by atoms with van der Waals surface area (Å²) >= 11 is 5.72. The van der Waals surface area contributed by atoms with Crippen molar-refractivity contribution >= 4 is 23.3 Å². The quantitative estimate of drug-likeness (QED) is 0.714. The Morgan fingerprint density at radius 2 is 2.38 bits per heavy atom. The lowest BCUT2D eigenvalue weighted by Crippen LogP contribution is -2.37. The lowest BCUT2D eigenvalue weighted by atomic mass is 10.3. The normalized spacial score (nSPS) is 11.9. The predicted octanol–water partition coefficient (Wildman–Crippen LogP) is 0.360. The van der Waals surface area contributed by atoms with Crippen LogP contribution in [0.5, 0.6) is 0 Å². The van der Waals surface area contributed by atoms with Crippen LogP contribution in [0.3, 0.4) is 0 Å². The van der Waals surface area contributed by atoms with E-state index in [0.29, 0.717) is 6.54 Å². The minimum atomic E-state index is -0.508. The van der Waals surface area contributed by atoms with Gasteiger partial charge in [-0.05, 0) is 13.8 Å². The van der Waals surface area contributed by atoms with Crippen molar-refractivity contribution in [3.63, 3.8) is 0 Å². The number of halogens is 1. The molecular formula is C9H13ClN4O2. The van der Waals surface area contributed by atoms with Gasteiger partial charge in [-0.2, -0.15) is 0 Å². The molecule has 0 bridgehead atoms. The molecule has 6 nitrogen and oxygen atoms in total. The second kappa shape index (κ2) is 5.50. The van der Waals surface area contributed by atoms with E-state index in [-0.39, 0.29) is 16.7 Å². The first-order chi connectivity index (χ1) is 7.56. The Balaban J connectivity index is 2.77. The first kappa shape index (κ1) is 12.5. The van der Waals surface area contributed by atoms with E-state index in [1.165, 1.54) is 6.33 Å². The summed E-state index contributed by atoms with van der Waals surface area (Å²) in [6.07, 6.45) is 1.22. The Labute approximate surface area is 97.4 Å². The molecule has 1 amide bonds. The highest BCUT2D eigenvalue weighted by Crippen LogP contribution is 2.12. The number of nitrogens with zero attached hydrogens (tertiary/aromatic N) is 1. The van der Waals surface area contributed by atoms with Gasteiger partial charge >= 0.3 is 0 Å². The Kier molecular flexibility index (Phi) is 4.30. The van der Waals surface area contributed by atoms with E-state index in [0.717, 1.165) is 0 Å². The molecule has 3 N–H and O–H groups in total. The molecule has 0 radical (unpaired) electrons. The fourth-order valence-electron chi connectivity index (χ4n) is 1.08. The summed E-state index contributed by atoms with van der Waals surface area (Å²) in [5, 5.41) is 5.35. The number of hydrogen-bond donors (Lipinski definition) is 3. The van der Waals surface area contributed by atoms with Gasteiger partial charge in [-0.25, -0.2) is 4.98 Å². The maximum atomic E-state index is 11.4. The molecule has 7 heteroatoms. The topological polar surface area (TPSA) is 86.9 Å². The lowest BCUT2D eigenvalue weighted by molar-refractivity contribution is -0.121. The summed E-state index contributed by atoms with van der Waals surface area (Å²) in [5.41, 5.74) is -0.442. The van der Waals surface area contributed by atoms with Crippen molar-refractivity contribution in [2.24, 2.45) is 0 Å². The third-order valence-corrected chi connectivity index (χ3v) is 2.24.